The second-order valence-corrected chi connectivity index (χ2v) is 8.60. The number of rotatable bonds is 7. The molecule has 3 aromatic rings. The number of hydrazone groups is 1. The summed E-state index contributed by atoms with van der Waals surface area (Å²) in [5.41, 5.74) is 3.77. The van der Waals surface area contributed by atoms with Crippen molar-refractivity contribution in [3.63, 3.8) is 0 Å². The first kappa shape index (κ1) is 21.5. The van der Waals surface area contributed by atoms with Crippen LogP contribution in [-0.2, 0) is 4.57 Å². The molecule has 0 aliphatic carbocycles. The lowest BCUT2D eigenvalue weighted by Gasteiger charge is -2.22. The van der Waals surface area contributed by atoms with E-state index >= 15 is 0 Å². The molecule has 0 aliphatic heterocycles. The normalized spacial score (nSPS) is 11.5. The van der Waals surface area contributed by atoms with Gasteiger partial charge in [-0.25, -0.2) is 4.57 Å². The first-order valence-electron chi connectivity index (χ1n) is 9.49. The zero-order valence-corrected chi connectivity index (χ0v) is 18.3. The average molecular weight is 424 g/mol. The van der Waals surface area contributed by atoms with Gasteiger partial charge in [-0.3, -0.25) is 0 Å². The molecular weight excluding hydrogens is 399 g/mol. The molecule has 0 fully saturated rings. The van der Waals surface area contributed by atoms with Gasteiger partial charge in [0.15, 0.2) is 0 Å². The highest BCUT2D eigenvalue weighted by Gasteiger charge is 2.31. The van der Waals surface area contributed by atoms with Crippen LogP contribution in [0.5, 0.6) is 17.2 Å². The summed E-state index contributed by atoms with van der Waals surface area (Å²) in [5.74, 6) is 0.999. The van der Waals surface area contributed by atoms with Crippen LogP contribution < -0.4 is 14.2 Å². The third-order valence-electron chi connectivity index (χ3n) is 4.56. The van der Waals surface area contributed by atoms with Gasteiger partial charge in [-0.15, -0.1) is 0 Å². The first-order chi connectivity index (χ1) is 14.3. The summed E-state index contributed by atoms with van der Waals surface area (Å²) in [7, 11) is -3.95. The summed E-state index contributed by atoms with van der Waals surface area (Å²) in [4.78, 5) is 0. The summed E-state index contributed by atoms with van der Waals surface area (Å²) in [6.45, 7) is 7.49. The topological polar surface area (TPSA) is 80.2 Å². The maximum absolute atomic E-state index is 13.7. The van der Waals surface area contributed by atoms with E-state index in [0.717, 1.165) is 22.3 Å². The lowest BCUT2D eigenvalue weighted by molar-refractivity contribution is 0.368. The zero-order chi connectivity index (χ0) is 21.7. The molecule has 0 heterocycles. The van der Waals surface area contributed by atoms with Crippen LogP contribution in [0.25, 0.3) is 0 Å². The van der Waals surface area contributed by atoms with Gasteiger partial charge in [0, 0.05) is 5.56 Å². The number of para-hydroxylation sites is 3. The van der Waals surface area contributed by atoms with Crippen molar-refractivity contribution in [1.29, 1.82) is 0 Å². The van der Waals surface area contributed by atoms with Crippen LogP contribution in [0.3, 0.4) is 0 Å². The minimum Gasteiger partial charge on any atom is -0.507 e. The van der Waals surface area contributed by atoms with Gasteiger partial charge in [-0.2, -0.15) is 10.3 Å². The fourth-order valence-corrected chi connectivity index (χ4v) is 4.33. The van der Waals surface area contributed by atoms with Crippen molar-refractivity contribution < 1.29 is 18.7 Å². The standard InChI is InChI=1S/C23H25N2O4P/c1-16-9-7-10-17(2)22(16)28-30(27,29-23-18(3)11-8-12-19(23)4)25-24-15-20-13-5-6-14-21(20)26/h5-15,26H,1-4H3,(H,25,27)/b24-15+. The summed E-state index contributed by atoms with van der Waals surface area (Å²) in [6, 6.07) is 18.0. The Hall–Kier alpha value is -3.24. The number of phenols is 1. The summed E-state index contributed by atoms with van der Waals surface area (Å²) >= 11 is 0. The van der Waals surface area contributed by atoms with E-state index in [4.69, 9.17) is 9.05 Å². The second-order valence-electron chi connectivity index (χ2n) is 7.04. The van der Waals surface area contributed by atoms with Crippen molar-refractivity contribution in [2.24, 2.45) is 5.10 Å². The van der Waals surface area contributed by atoms with E-state index < -0.39 is 7.75 Å². The van der Waals surface area contributed by atoms with E-state index in [1.807, 2.05) is 64.1 Å². The number of hydrogen-bond acceptors (Lipinski definition) is 5. The second kappa shape index (κ2) is 9.06. The molecule has 156 valence electrons. The summed E-state index contributed by atoms with van der Waals surface area (Å²) < 4.78 is 25.5. The van der Waals surface area contributed by atoms with Gasteiger partial charge >= 0.3 is 7.75 Å². The quantitative estimate of drug-likeness (QED) is 0.284. The summed E-state index contributed by atoms with van der Waals surface area (Å²) in [5, 5.41) is 16.5. The molecular formula is C23H25N2O4P. The molecule has 0 saturated carbocycles. The molecule has 0 saturated heterocycles. The number of phenolic OH excluding ortho intramolecular Hbond substituents is 1. The number of nitrogens with one attached hydrogen (secondary N) is 1. The van der Waals surface area contributed by atoms with E-state index in [1.165, 1.54) is 6.21 Å². The zero-order valence-electron chi connectivity index (χ0n) is 17.4. The Morgan fingerprint density at radius 1 is 0.800 bits per heavy atom. The third kappa shape index (κ3) is 5.02. The van der Waals surface area contributed by atoms with Gasteiger partial charge in [0.1, 0.15) is 17.2 Å². The number of benzene rings is 3. The number of hydrogen-bond donors (Lipinski definition) is 2. The van der Waals surface area contributed by atoms with E-state index in [2.05, 4.69) is 10.3 Å². The maximum Gasteiger partial charge on any atom is 0.557 e. The molecule has 3 aromatic carbocycles. The molecule has 30 heavy (non-hydrogen) atoms. The Morgan fingerprint density at radius 2 is 1.27 bits per heavy atom. The van der Waals surface area contributed by atoms with Crippen LogP contribution in [0.4, 0.5) is 0 Å². The van der Waals surface area contributed by atoms with Crippen molar-refractivity contribution in [1.82, 2.24) is 5.20 Å². The van der Waals surface area contributed by atoms with E-state index in [9.17, 15) is 9.67 Å². The lowest BCUT2D eigenvalue weighted by atomic mass is 10.1. The van der Waals surface area contributed by atoms with Crippen LogP contribution in [-0.4, -0.2) is 11.3 Å². The Morgan fingerprint density at radius 3 is 1.73 bits per heavy atom. The molecule has 6 nitrogen and oxygen atoms in total. The van der Waals surface area contributed by atoms with Crippen LogP contribution in [0, 0.1) is 27.7 Å². The Bertz CT molecular complexity index is 1030. The smallest absolute Gasteiger partial charge is 0.507 e. The molecule has 0 atom stereocenters. The highest BCUT2D eigenvalue weighted by atomic mass is 31.2. The van der Waals surface area contributed by atoms with Crippen molar-refractivity contribution >= 4 is 14.0 Å². The van der Waals surface area contributed by atoms with E-state index in [1.54, 1.807) is 24.3 Å². The highest BCUT2D eigenvalue weighted by molar-refractivity contribution is 7.52. The molecule has 3 rings (SSSR count). The van der Waals surface area contributed by atoms with Crippen molar-refractivity contribution in [2.75, 3.05) is 0 Å². The molecule has 0 radical (unpaired) electrons. The van der Waals surface area contributed by atoms with Gasteiger partial charge < -0.3 is 14.2 Å². The molecule has 0 spiro atoms. The molecule has 0 aromatic heterocycles. The average Bonchev–Trinajstić information content (AvgIpc) is 2.70. The fraction of sp³-hybridized carbons (Fsp3) is 0.174. The Labute approximate surface area is 176 Å². The van der Waals surface area contributed by atoms with Gasteiger partial charge in [-0.1, -0.05) is 48.5 Å². The Kier molecular flexibility index (Phi) is 6.48. The molecule has 0 aliphatic rings. The predicted molar refractivity (Wildman–Crippen MR) is 120 cm³/mol. The fourth-order valence-electron chi connectivity index (χ4n) is 2.95. The largest absolute Gasteiger partial charge is 0.557 e. The van der Waals surface area contributed by atoms with Crippen LogP contribution in [0.15, 0.2) is 65.8 Å². The number of aromatic hydroxyl groups is 1. The van der Waals surface area contributed by atoms with Crippen molar-refractivity contribution in [3.05, 3.63) is 88.5 Å². The number of nitrogens with zero attached hydrogens (tertiary/aromatic N) is 1. The SMILES string of the molecule is Cc1cccc(C)c1OP(=O)(N/N=C/c1ccccc1O)Oc1c(C)cccc1C. The molecule has 0 bridgehead atoms. The third-order valence-corrected chi connectivity index (χ3v) is 5.77. The van der Waals surface area contributed by atoms with Gasteiger partial charge in [0.05, 0.1) is 6.21 Å². The molecule has 7 heteroatoms. The van der Waals surface area contributed by atoms with Crippen LogP contribution in [0.2, 0.25) is 0 Å². The first-order valence-corrected chi connectivity index (χ1v) is 11.0. The van der Waals surface area contributed by atoms with Gasteiger partial charge in [-0.05, 0) is 62.1 Å². The monoisotopic (exact) mass is 424 g/mol. The lowest BCUT2D eigenvalue weighted by Crippen LogP contribution is -2.16. The van der Waals surface area contributed by atoms with E-state index in [-0.39, 0.29) is 5.75 Å². The predicted octanol–water partition coefficient (Wildman–Crippen LogP) is 5.82. The van der Waals surface area contributed by atoms with Crippen LogP contribution >= 0.6 is 7.75 Å². The molecule has 2 N–H and O–H groups in total. The molecule has 0 amide bonds. The highest BCUT2D eigenvalue weighted by Crippen LogP contribution is 2.48. The van der Waals surface area contributed by atoms with Crippen LogP contribution in [0.1, 0.15) is 27.8 Å². The van der Waals surface area contributed by atoms with Gasteiger partial charge in [0.25, 0.3) is 0 Å². The minimum atomic E-state index is -3.95. The number of aryl methyl sites for hydroxylation is 4. The van der Waals surface area contributed by atoms with Crippen molar-refractivity contribution in [3.8, 4) is 17.2 Å². The van der Waals surface area contributed by atoms with Crippen molar-refractivity contribution in [2.45, 2.75) is 27.7 Å². The minimum absolute atomic E-state index is 0.0595. The molecule has 0 unspecified atom stereocenters. The maximum atomic E-state index is 13.7. The van der Waals surface area contributed by atoms with E-state index in [0.29, 0.717) is 17.1 Å². The summed E-state index contributed by atoms with van der Waals surface area (Å²) in [6.07, 6.45) is 1.37. The Balaban J connectivity index is 1.95. The van der Waals surface area contributed by atoms with Gasteiger partial charge in [0.2, 0.25) is 0 Å².